The van der Waals surface area contributed by atoms with E-state index in [0.717, 1.165) is 23.3 Å². The molecule has 1 N–H and O–H groups in total. The summed E-state index contributed by atoms with van der Waals surface area (Å²) in [6.07, 6.45) is 4.46. The Labute approximate surface area is 128 Å². The highest BCUT2D eigenvalue weighted by Crippen LogP contribution is 2.15. The van der Waals surface area contributed by atoms with E-state index < -0.39 is 0 Å². The van der Waals surface area contributed by atoms with Crippen LogP contribution in [0.3, 0.4) is 0 Å². The van der Waals surface area contributed by atoms with Gasteiger partial charge in [-0.3, -0.25) is 4.79 Å². The summed E-state index contributed by atoms with van der Waals surface area (Å²) in [5, 5.41) is 6.81. The van der Waals surface area contributed by atoms with E-state index in [9.17, 15) is 4.79 Å². The number of fused-ring (bicyclic) bond motifs is 1. The van der Waals surface area contributed by atoms with Crippen molar-refractivity contribution in [2.75, 3.05) is 0 Å². The third kappa shape index (κ3) is 2.72. The van der Waals surface area contributed by atoms with Crippen LogP contribution in [0.4, 0.5) is 0 Å². The van der Waals surface area contributed by atoms with Crippen molar-refractivity contribution < 1.29 is 9.32 Å². The minimum Gasteiger partial charge on any atom is -0.359 e. The van der Waals surface area contributed by atoms with Crippen LogP contribution in [0.1, 0.15) is 47.4 Å². The topological polar surface area (TPSA) is 72.4 Å². The molecule has 114 valence electrons. The van der Waals surface area contributed by atoms with Crippen LogP contribution in [0.25, 0.3) is 5.65 Å². The SMILES string of the molecule is CCc1cc([C@@H](C)NC(=O)c2cn3cc(C)ccc3n2)on1. The van der Waals surface area contributed by atoms with Crippen LogP contribution in [0, 0.1) is 6.92 Å². The molecule has 0 unspecified atom stereocenters. The van der Waals surface area contributed by atoms with E-state index in [2.05, 4.69) is 15.5 Å². The summed E-state index contributed by atoms with van der Waals surface area (Å²) in [6.45, 7) is 5.86. The molecule has 0 aromatic carbocycles. The number of imidazole rings is 1. The summed E-state index contributed by atoms with van der Waals surface area (Å²) in [5.74, 6) is 0.410. The van der Waals surface area contributed by atoms with Crippen LogP contribution in [0.5, 0.6) is 0 Å². The fourth-order valence-electron chi connectivity index (χ4n) is 2.25. The van der Waals surface area contributed by atoms with Gasteiger partial charge in [-0.2, -0.15) is 0 Å². The molecule has 0 fully saturated rings. The quantitative estimate of drug-likeness (QED) is 0.803. The Morgan fingerprint density at radius 2 is 2.23 bits per heavy atom. The highest BCUT2D eigenvalue weighted by atomic mass is 16.5. The van der Waals surface area contributed by atoms with E-state index in [1.54, 1.807) is 6.20 Å². The molecule has 3 aromatic rings. The fraction of sp³-hybridized carbons (Fsp3) is 0.312. The molecule has 0 spiro atoms. The van der Waals surface area contributed by atoms with Crippen LogP contribution in [-0.2, 0) is 6.42 Å². The van der Waals surface area contributed by atoms with Crippen molar-refractivity contribution in [1.29, 1.82) is 0 Å². The number of pyridine rings is 1. The summed E-state index contributed by atoms with van der Waals surface area (Å²) in [5.41, 5.74) is 3.11. The van der Waals surface area contributed by atoms with Crippen molar-refractivity contribution in [2.45, 2.75) is 33.2 Å². The van der Waals surface area contributed by atoms with E-state index in [-0.39, 0.29) is 11.9 Å². The molecule has 6 heteroatoms. The third-order valence-corrected chi connectivity index (χ3v) is 3.55. The Balaban J connectivity index is 1.77. The number of amides is 1. The van der Waals surface area contributed by atoms with Crippen molar-refractivity contribution in [3.63, 3.8) is 0 Å². The number of aryl methyl sites for hydroxylation is 2. The highest BCUT2D eigenvalue weighted by Gasteiger charge is 2.17. The lowest BCUT2D eigenvalue weighted by Crippen LogP contribution is -2.26. The summed E-state index contributed by atoms with van der Waals surface area (Å²) in [4.78, 5) is 16.6. The number of nitrogens with one attached hydrogen (secondary N) is 1. The van der Waals surface area contributed by atoms with Gasteiger partial charge in [-0.15, -0.1) is 0 Å². The lowest BCUT2D eigenvalue weighted by atomic mass is 10.2. The zero-order valence-electron chi connectivity index (χ0n) is 12.8. The smallest absolute Gasteiger partial charge is 0.272 e. The molecule has 0 saturated carbocycles. The first-order valence-corrected chi connectivity index (χ1v) is 7.28. The number of carbonyl (C=O) groups is 1. The van der Waals surface area contributed by atoms with Gasteiger partial charge in [0.25, 0.3) is 5.91 Å². The second-order valence-corrected chi connectivity index (χ2v) is 5.37. The third-order valence-electron chi connectivity index (χ3n) is 3.55. The molecule has 3 heterocycles. The molecule has 0 saturated heterocycles. The van der Waals surface area contributed by atoms with Crippen LogP contribution >= 0.6 is 0 Å². The maximum Gasteiger partial charge on any atom is 0.272 e. The van der Waals surface area contributed by atoms with Crippen molar-refractivity contribution in [3.8, 4) is 0 Å². The Morgan fingerprint density at radius 1 is 1.41 bits per heavy atom. The van der Waals surface area contributed by atoms with Gasteiger partial charge in [-0.1, -0.05) is 18.1 Å². The second kappa shape index (κ2) is 5.63. The van der Waals surface area contributed by atoms with Gasteiger partial charge in [0.05, 0.1) is 11.7 Å². The molecule has 1 amide bonds. The van der Waals surface area contributed by atoms with E-state index in [1.165, 1.54) is 0 Å². The Hall–Kier alpha value is -2.63. The lowest BCUT2D eigenvalue weighted by Gasteiger charge is -2.08. The van der Waals surface area contributed by atoms with Crippen LogP contribution in [0.2, 0.25) is 0 Å². The summed E-state index contributed by atoms with van der Waals surface area (Å²) >= 11 is 0. The molecule has 0 aliphatic heterocycles. The van der Waals surface area contributed by atoms with Crippen molar-refractivity contribution >= 4 is 11.6 Å². The zero-order chi connectivity index (χ0) is 15.7. The molecule has 6 nitrogen and oxygen atoms in total. The normalized spacial score (nSPS) is 12.5. The Kier molecular flexibility index (Phi) is 3.66. The highest BCUT2D eigenvalue weighted by molar-refractivity contribution is 5.93. The molecule has 0 bridgehead atoms. The first kappa shape index (κ1) is 14.3. The molecule has 1 atom stereocenters. The molecule has 3 aromatic heterocycles. The first-order chi connectivity index (χ1) is 10.6. The Bertz CT molecular complexity index is 819. The lowest BCUT2D eigenvalue weighted by molar-refractivity contribution is 0.0929. The van der Waals surface area contributed by atoms with Gasteiger partial charge in [0.2, 0.25) is 0 Å². The van der Waals surface area contributed by atoms with Gasteiger partial charge in [-0.25, -0.2) is 4.98 Å². The second-order valence-electron chi connectivity index (χ2n) is 5.37. The number of aromatic nitrogens is 3. The molecule has 0 aliphatic rings. The Morgan fingerprint density at radius 3 is 2.95 bits per heavy atom. The van der Waals surface area contributed by atoms with Gasteiger partial charge >= 0.3 is 0 Å². The zero-order valence-corrected chi connectivity index (χ0v) is 12.8. The molecule has 3 rings (SSSR count). The largest absolute Gasteiger partial charge is 0.359 e. The van der Waals surface area contributed by atoms with E-state index >= 15 is 0 Å². The predicted molar refractivity (Wildman–Crippen MR) is 81.7 cm³/mol. The molecular weight excluding hydrogens is 280 g/mol. The summed E-state index contributed by atoms with van der Waals surface area (Å²) in [6, 6.07) is 5.46. The van der Waals surface area contributed by atoms with Crippen LogP contribution < -0.4 is 5.32 Å². The predicted octanol–water partition coefficient (Wildman–Crippen LogP) is 2.68. The fourth-order valence-corrected chi connectivity index (χ4v) is 2.25. The number of rotatable bonds is 4. The van der Waals surface area contributed by atoms with Gasteiger partial charge in [0, 0.05) is 18.5 Å². The van der Waals surface area contributed by atoms with Crippen molar-refractivity contribution in [3.05, 3.63) is 53.3 Å². The molecule has 22 heavy (non-hydrogen) atoms. The monoisotopic (exact) mass is 298 g/mol. The van der Waals surface area contributed by atoms with Gasteiger partial charge in [0.1, 0.15) is 11.3 Å². The molecular formula is C16H18N4O2. The van der Waals surface area contributed by atoms with E-state index in [1.807, 2.05) is 49.6 Å². The van der Waals surface area contributed by atoms with Gasteiger partial charge < -0.3 is 14.2 Å². The minimum atomic E-state index is -0.258. The van der Waals surface area contributed by atoms with Gasteiger partial charge in [-0.05, 0) is 31.9 Å². The average Bonchev–Trinajstić information content (AvgIpc) is 3.13. The number of hydrogen-bond acceptors (Lipinski definition) is 4. The maximum absolute atomic E-state index is 12.3. The molecule has 0 aliphatic carbocycles. The number of nitrogens with zero attached hydrogens (tertiary/aromatic N) is 3. The number of carbonyl (C=O) groups excluding carboxylic acids is 1. The van der Waals surface area contributed by atoms with Crippen LogP contribution in [-0.4, -0.2) is 20.4 Å². The average molecular weight is 298 g/mol. The standard InChI is InChI=1S/C16H18N4O2/c1-4-12-7-14(22-19-12)11(3)17-16(21)13-9-20-8-10(2)5-6-15(20)18-13/h5-9,11H,4H2,1-3H3,(H,17,21)/t11-/m1/s1. The van der Waals surface area contributed by atoms with Crippen LogP contribution in [0.15, 0.2) is 35.1 Å². The van der Waals surface area contributed by atoms with Crippen molar-refractivity contribution in [1.82, 2.24) is 19.9 Å². The first-order valence-electron chi connectivity index (χ1n) is 7.28. The maximum atomic E-state index is 12.3. The van der Waals surface area contributed by atoms with Gasteiger partial charge in [0.15, 0.2) is 5.76 Å². The minimum absolute atomic E-state index is 0.233. The molecule has 0 radical (unpaired) electrons. The summed E-state index contributed by atoms with van der Waals surface area (Å²) < 4.78 is 7.08. The van der Waals surface area contributed by atoms with E-state index in [4.69, 9.17) is 4.52 Å². The summed E-state index contributed by atoms with van der Waals surface area (Å²) in [7, 11) is 0. The van der Waals surface area contributed by atoms with E-state index in [0.29, 0.717) is 11.5 Å². The number of hydrogen-bond donors (Lipinski definition) is 1. The van der Waals surface area contributed by atoms with Crippen molar-refractivity contribution in [2.24, 2.45) is 0 Å².